The van der Waals surface area contributed by atoms with Crippen molar-refractivity contribution < 1.29 is 28.7 Å². The molecule has 0 spiro atoms. The average Bonchev–Trinajstić information content (AvgIpc) is 3.16. The first-order valence-electron chi connectivity index (χ1n) is 10.1. The van der Waals surface area contributed by atoms with Crippen LogP contribution in [0.25, 0.3) is 22.3 Å². The molecule has 0 atom stereocenters. The lowest BCUT2D eigenvalue weighted by Crippen LogP contribution is -1.99. The molecule has 0 saturated heterocycles. The second-order valence-electron chi connectivity index (χ2n) is 8.26. The molecule has 0 radical (unpaired) electrons. The maximum atomic E-state index is 12.0. The van der Waals surface area contributed by atoms with E-state index in [1.165, 1.54) is 0 Å². The molecular formula is C26H18O6. The summed E-state index contributed by atoms with van der Waals surface area (Å²) < 4.78 is 9.47. The van der Waals surface area contributed by atoms with Crippen molar-refractivity contribution in [2.45, 2.75) is 27.7 Å². The van der Waals surface area contributed by atoms with Crippen molar-refractivity contribution in [1.82, 2.24) is 0 Å². The van der Waals surface area contributed by atoms with Crippen LogP contribution in [-0.2, 0) is 9.47 Å². The number of rotatable bonds is 2. The second-order valence-corrected chi connectivity index (χ2v) is 8.26. The zero-order valence-electron chi connectivity index (χ0n) is 17.9. The molecule has 3 aromatic carbocycles. The number of benzene rings is 3. The first-order valence-corrected chi connectivity index (χ1v) is 10.1. The van der Waals surface area contributed by atoms with Crippen LogP contribution in [0.15, 0.2) is 36.4 Å². The van der Waals surface area contributed by atoms with Crippen LogP contribution in [0.3, 0.4) is 0 Å². The van der Waals surface area contributed by atoms with Gasteiger partial charge in [-0.15, -0.1) is 0 Å². The maximum absolute atomic E-state index is 12.0. The Morgan fingerprint density at radius 3 is 0.906 bits per heavy atom. The molecule has 0 aliphatic carbocycles. The van der Waals surface area contributed by atoms with Crippen LogP contribution in [0.2, 0.25) is 0 Å². The summed E-state index contributed by atoms with van der Waals surface area (Å²) in [5.74, 6) is -2.50. The molecule has 0 unspecified atom stereocenters. The third-order valence-electron chi connectivity index (χ3n) is 6.13. The zero-order chi connectivity index (χ0) is 22.9. The predicted octanol–water partition coefficient (Wildman–Crippen LogP) is 4.88. The van der Waals surface area contributed by atoms with E-state index >= 15 is 0 Å². The molecule has 2 aliphatic heterocycles. The fourth-order valence-electron chi connectivity index (χ4n) is 4.46. The summed E-state index contributed by atoms with van der Waals surface area (Å²) in [7, 11) is 0. The van der Waals surface area contributed by atoms with E-state index in [0.29, 0.717) is 0 Å². The Balaban J connectivity index is 1.65. The van der Waals surface area contributed by atoms with Gasteiger partial charge in [0.2, 0.25) is 0 Å². The largest absolute Gasteiger partial charge is 0.386 e. The molecule has 0 N–H and O–H groups in total. The number of carbonyl (C=O) groups excluding carboxylic acids is 4. The quantitative estimate of drug-likeness (QED) is 0.429. The van der Waals surface area contributed by atoms with Gasteiger partial charge in [0.15, 0.2) is 0 Å². The Morgan fingerprint density at radius 1 is 0.375 bits per heavy atom. The minimum atomic E-state index is -0.632. The number of fused-ring (bicyclic) bond motifs is 2. The highest BCUT2D eigenvalue weighted by atomic mass is 16.6. The van der Waals surface area contributed by atoms with Gasteiger partial charge >= 0.3 is 23.9 Å². The summed E-state index contributed by atoms with van der Waals surface area (Å²) >= 11 is 0. The number of esters is 4. The van der Waals surface area contributed by atoms with Gasteiger partial charge in [0, 0.05) is 0 Å². The lowest BCUT2D eigenvalue weighted by Gasteiger charge is -2.16. The highest BCUT2D eigenvalue weighted by Crippen LogP contribution is 2.38. The van der Waals surface area contributed by atoms with Gasteiger partial charge in [-0.3, -0.25) is 0 Å². The molecule has 2 aliphatic rings. The fourth-order valence-corrected chi connectivity index (χ4v) is 4.46. The highest BCUT2D eigenvalue weighted by molar-refractivity contribution is 6.16. The van der Waals surface area contributed by atoms with E-state index in [0.717, 1.165) is 44.5 Å². The van der Waals surface area contributed by atoms with Gasteiger partial charge in [-0.05, 0) is 96.5 Å². The summed E-state index contributed by atoms with van der Waals surface area (Å²) in [6.07, 6.45) is 0. The van der Waals surface area contributed by atoms with Gasteiger partial charge in [0.25, 0.3) is 0 Å². The molecule has 0 saturated carbocycles. The zero-order valence-corrected chi connectivity index (χ0v) is 17.9. The van der Waals surface area contributed by atoms with E-state index < -0.39 is 23.9 Å². The van der Waals surface area contributed by atoms with Gasteiger partial charge in [-0.1, -0.05) is 12.1 Å². The lowest BCUT2D eigenvalue weighted by molar-refractivity contribution is 0.0425. The lowest BCUT2D eigenvalue weighted by atomic mass is 9.87. The fraction of sp³-hybridized carbons (Fsp3) is 0.154. The number of hydrogen-bond donors (Lipinski definition) is 0. The van der Waals surface area contributed by atoms with Crippen LogP contribution in [-0.4, -0.2) is 23.9 Å². The van der Waals surface area contributed by atoms with Crippen molar-refractivity contribution in [2.75, 3.05) is 0 Å². The Labute approximate surface area is 183 Å². The van der Waals surface area contributed by atoms with Crippen molar-refractivity contribution >= 4 is 23.9 Å². The normalized spacial score (nSPS) is 14.4. The third kappa shape index (κ3) is 2.80. The molecule has 158 valence electrons. The van der Waals surface area contributed by atoms with Crippen LogP contribution >= 0.6 is 0 Å². The molecular weight excluding hydrogens is 408 g/mol. The average molecular weight is 426 g/mol. The first kappa shape index (κ1) is 19.9. The Hall–Kier alpha value is -4.06. The summed E-state index contributed by atoms with van der Waals surface area (Å²) in [6.45, 7) is 7.72. The number of ether oxygens (including phenoxy) is 2. The standard InChI is InChI=1S/C26H18O6/c1-11-5-16(18-10-22-20(8-14(18)4)24(28)32-26(22)30)12(2)6-15(11)17-9-21-19(7-13(17)3)23(27)31-25(21)29/h5-10H,1-4H3. The van der Waals surface area contributed by atoms with Crippen molar-refractivity contribution in [3.63, 3.8) is 0 Å². The molecule has 6 nitrogen and oxygen atoms in total. The molecule has 3 aromatic rings. The van der Waals surface area contributed by atoms with Gasteiger partial charge < -0.3 is 9.47 Å². The Morgan fingerprint density at radius 2 is 0.594 bits per heavy atom. The van der Waals surface area contributed by atoms with Crippen LogP contribution in [0, 0.1) is 27.7 Å². The SMILES string of the molecule is Cc1cc(-c2cc3c(cc2C)C(=O)OC3=O)c(C)cc1-c1cc2c(cc1C)C(=O)OC2=O. The van der Waals surface area contributed by atoms with E-state index in [4.69, 9.17) is 9.47 Å². The molecule has 0 fully saturated rings. The van der Waals surface area contributed by atoms with Crippen molar-refractivity contribution in [3.8, 4) is 22.3 Å². The first-order chi connectivity index (χ1) is 15.2. The number of cyclic esters (lactones) is 4. The van der Waals surface area contributed by atoms with E-state index in [1.807, 2.05) is 39.8 Å². The minimum Gasteiger partial charge on any atom is -0.386 e. The Bertz CT molecular complexity index is 1320. The minimum absolute atomic E-state index is 0.273. The Kier molecular flexibility index (Phi) is 4.17. The van der Waals surface area contributed by atoms with Gasteiger partial charge in [0.05, 0.1) is 22.3 Å². The molecule has 2 heterocycles. The smallest absolute Gasteiger partial charge is 0.346 e. The monoisotopic (exact) mass is 426 g/mol. The van der Waals surface area contributed by atoms with Crippen LogP contribution in [0.1, 0.15) is 63.7 Å². The molecule has 6 heteroatoms. The maximum Gasteiger partial charge on any atom is 0.346 e. The summed E-state index contributed by atoms with van der Waals surface area (Å²) in [6, 6.07) is 10.8. The van der Waals surface area contributed by atoms with Gasteiger partial charge in [0.1, 0.15) is 0 Å². The molecule has 0 bridgehead atoms. The van der Waals surface area contributed by atoms with Crippen molar-refractivity contribution in [1.29, 1.82) is 0 Å². The highest BCUT2D eigenvalue weighted by Gasteiger charge is 2.32. The summed E-state index contributed by atoms with van der Waals surface area (Å²) in [5, 5.41) is 0. The topological polar surface area (TPSA) is 86.7 Å². The van der Waals surface area contributed by atoms with Crippen LogP contribution < -0.4 is 0 Å². The van der Waals surface area contributed by atoms with Crippen LogP contribution in [0.4, 0.5) is 0 Å². The van der Waals surface area contributed by atoms with E-state index in [1.54, 1.807) is 24.3 Å². The van der Waals surface area contributed by atoms with E-state index in [9.17, 15) is 19.2 Å². The molecule has 0 amide bonds. The predicted molar refractivity (Wildman–Crippen MR) is 116 cm³/mol. The molecule has 32 heavy (non-hydrogen) atoms. The van der Waals surface area contributed by atoms with Gasteiger partial charge in [-0.2, -0.15) is 0 Å². The number of carbonyl (C=O) groups is 4. The van der Waals surface area contributed by atoms with Crippen LogP contribution in [0.5, 0.6) is 0 Å². The van der Waals surface area contributed by atoms with E-state index in [-0.39, 0.29) is 22.3 Å². The van der Waals surface area contributed by atoms with Gasteiger partial charge in [-0.25, -0.2) is 19.2 Å². The number of hydrogen-bond acceptors (Lipinski definition) is 6. The summed E-state index contributed by atoms with van der Waals surface area (Å²) in [4.78, 5) is 47.8. The van der Waals surface area contributed by atoms with E-state index in [2.05, 4.69) is 0 Å². The molecule has 5 rings (SSSR count). The molecule has 0 aromatic heterocycles. The number of aryl methyl sites for hydroxylation is 4. The second kappa shape index (κ2) is 6.72. The summed E-state index contributed by atoms with van der Waals surface area (Å²) in [5.41, 5.74) is 8.35. The third-order valence-corrected chi connectivity index (χ3v) is 6.13. The van der Waals surface area contributed by atoms with Crippen molar-refractivity contribution in [2.24, 2.45) is 0 Å². The van der Waals surface area contributed by atoms with Crippen molar-refractivity contribution in [3.05, 3.63) is 80.9 Å².